The molecule has 0 radical (unpaired) electrons. The molecule has 0 aliphatic carbocycles. The van der Waals surface area contributed by atoms with Crippen molar-refractivity contribution < 1.29 is 14.7 Å². The Morgan fingerprint density at radius 2 is 2.00 bits per heavy atom. The van der Waals surface area contributed by atoms with E-state index >= 15 is 0 Å². The highest BCUT2D eigenvalue weighted by atomic mass is 32.1. The van der Waals surface area contributed by atoms with E-state index in [1.165, 1.54) is 11.0 Å². The predicted molar refractivity (Wildman–Crippen MR) is 97.4 cm³/mol. The van der Waals surface area contributed by atoms with E-state index in [2.05, 4.69) is 11.9 Å². The SMILES string of the molecule is C=CCN1C(=O)C(=Cc2ccc(N(C)CCO)cc2)C(=O)NC1=S. The van der Waals surface area contributed by atoms with Gasteiger partial charge in [0.1, 0.15) is 5.57 Å². The summed E-state index contributed by atoms with van der Waals surface area (Å²) in [6, 6.07) is 7.34. The number of amides is 2. The number of carbonyl (C=O) groups excluding carboxylic acids is 2. The Hall–Kier alpha value is -2.51. The van der Waals surface area contributed by atoms with Crippen LogP contribution in [-0.4, -0.2) is 53.7 Å². The first-order valence-corrected chi connectivity index (χ1v) is 7.80. The Balaban J connectivity index is 2.25. The number of rotatable bonds is 6. The van der Waals surface area contributed by atoms with Crippen molar-refractivity contribution in [1.29, 1.82) is 0 Å². The molecule has 1 aromatic rings. The van der Waals surface area contributed by atoms with Crippen LogP contribution in [0.2, 0.25) is 0 Å². The molecule has 0 aromatic heterocycles. The van der Waals surface area contributed by atoms with Crippen LogP contribution in [0.15, 0.2) is 42.5 Å². The first-order valence-electron chi connectivity index (χ1n) is 7.39. The van der Waals surface area contributed by atoms with Crippen LogP contribution >= 0.6 is 12.2 Å². The summed E-state index contributed by atoms with van der Waals surface area (Å²) in [7, 11) is 1.87. The van der Waals surface area contributed by atoms with Gasteiger partial charge in [0, 0.05) is 25.8 Å². The Labute approximate surface area is 146 Å². The quantitative estimate of drug-likeness (QED) is 0.347. The summed E-state index contributed by atoms with van der Waals surface area (Å²) >= 11 is 5.01. The van der Waals surface area contributed by atoms with E-state index in [0.29, 0.717) is 6.54 Å². The maximum absolute atomic E-state index is 12.4. The molecule has 1 fully saturated rings. The van der Waals surface area contributed by atoms with E-state index in [9.17, 15) is 9.59 Å². The first-order chi connectivity index (χ1) is 11.5. The lowest BCUT2D eigenvalue weighted by Gasteiger charge is -2.27. The Morgan fingerprint density at radius 1 is 1.33 bits per heavy atom. The molecule has 1 saturated heterocycles. The zero-order chi connectivity index (χ0) is 17.7. The minimum atomic E-state index is -0.508. The molecule has 6 nitrogen and oxygen atoms in total. The lowest BCUT2D eigenvalue weighted by atomic mass is 10.1. The molecule has 2 N–H and O–H groups in total. The van der Waals surface area contributed by atoms with Crippen LogP contribution in [-0.2, 0) is 9.59 Å². The van der Waals surface area contributed by atoms with Gasteiger partial charge in [-0.15, -0.1) is 6.58 Å². The Morgan fingerprint density at radius 3 is 2.58 bits per heavy atom. The molecule has 0 atom stereocenters. The summed E-state index contributed by atoms with van der Waals surface area (Å²) < 4.78 is 0. The van der Waals surface area contributed by atoms with Crippen molar-refractivity contribution >= 4 is 40.9 Å². The number of benzene rings is 1. The number of anilines is 1. The minimum Gasteiger partial charge on any atom is -0.395 e. The molecule has 0 spiro atoms. The molecule has 0 saturated carbocycles. The first kappa shape index (κ1) is 17.8. The fraction of sp³-hybridized carbons (Fsp3) is 0.235. The van der Waals surface area contributed by atoms with Crippen LogP contribution in [0.5, 0.6) is 0 Å². The van der Waals surface area contributed by atoms with Crippen LogP contribution in [0.4, 0.5) is 5.69 Å². The Kier molecular flexibility index (Phi) is 5.83. The number of aliphatic hydroxyl groups excluding tert-OH is 1. The molecule has 0 bridgehead atoms. The number of nitrogens with zero attached hydrogens (tertiary/aromatic N) is 2. The van der Waals surface area contributed by atoms with Gasteiger partial charge in [0.15, 0.2) is 5.11 Å². The summed E-state index contributed by atoms with van der Waals surface area (Å²) in [5.41, 5.74) is 1.68. The highest BCUT2D eigenvalue weighted by Gasteiger charge is 2.32. The minimum absolute atomic E-state index is 0.0295. The second kappa shape index (κ2) is 7.85. The topological polar surface area (TPSA) is 72.9 Å². The molecule has 1 aliphatic heterocycles. The van der Waals surface area contributed by atoms with Gasteiger partial charge in [0.05, 0.1) is 6.61 Å². The van der Waals surface area contributed by atoms with Gasteiger partial charge in [0.2, 0.25) is 0 Å². The van der Waals surface area contributed by atoms with Crippen molar-refractivity contribution in [1.82, 2.24) is 10.2 Å². The maximum atomic E-state index is 12.4. The van der Waals surface area contributed by atoms with Crippen LogP contribution in [0.25, 0.3) is 6.08 Å². The summed E-state index contributed by atoms with van der Waals surface area (Å²) in [4.78, 5) is 27.7. The molecule has 2 rings (SSSR count). The van der Waals surface area contributed by atoms with Crippen molar-refractivity contribution in [3.8, 4) is 0 Å². The summed E-state index contributed by atoms with van der Waals surface area (Å²) in [5.74, 6) is -0.947. The molecule has 1 heterocycles. The van der Waals surface area contributed by atoms with Crippen molar-refractivity contribution in [2.24, 2.45) is 0 Å². The molecule has 7 heteroatoms. The molecule has 0 unspecified atom stereocenters. The van der Waals surface area contributed by atoms with Gasteiger partial charge in [-0.25, -0.2) is 0 Å². The third-order valence-corrected chi connectivity index (χ3v) is 3.90. The number of aliphatic hydroxyl groups is 1. The highest BCUT2D eigenvalue weighted by Crippen LogP contribution is 2.18. The molecular formula is C17H19N3O3S. The van der Waals surface area contributed by atoms with E-state index in [1.54, 1.807) is 6.08 Å². The second-order valence-corrected chi connectivity index (χ2v) is 5.65. The van der Waals surface area contributed by atoms with E-state index in [1.807, 2.05) is 36.2 Å². The number of carbonyl (C=O) groups is 2. The smallest absolute Gasteiger partial charge is 0.265 e. The third kappa shape index (κ3) is 3.87. The number of hydrogen-bond donors (Lipinski definition) is 2. The van der Waals surface area contributed by atoms with Crippen LogP contribution in [0.3, 0.4) is 0 Å². The number of hydrogen-bond acceptors (Lipinski definition) is 5. The van der Waals surface area contributed by atoms with E-state index in [4.69, 9.17) is 17.3 Å². The second-order valence-electron chi connectivity index (χ2n) is 5.26. The van der Waals surface area contributed by atoms with Gasteiger partial charge in [-0.2, -0.15) is 0 Å². The number of likely N-dealkylation sites (N-methyl/N-ethyl adjacent to an activating group) is 1. The van der Waals surface area contributed by atoms with Crippen LogP contribution in [0.1, 0.15) is 5.56 Å². The van der Waals surface area contributed by atoms with Gasteiger partial charge >= 0.3 is 0 Å². The lowest BCUT2D eigenvalue weighted by Crippen LogP contribution is -2.53. The van der Waals surface area contributed by atoms with E-state index in [-0.39, 0.29) is 23.8 Å². The third-order valence-electron chi connectivity index (χ3n) is 3.58. The van der Waals surface area contributed by atoms with Gasteiger partial charge in [-0.05, 0) is 36.0 Å². The van der Waals surface area contributed by atoms with Crippen molar-refractivity contribution in [3.05, 3.63) is 48.1 Å². The number of nitrogens with one attached hydrogen (secondary N) is 1. The average molecular weight is 345 g/mol. The summed E-state index contributed by atoms with van der Waals surface area (Å²) in [6.07, 6.45) is 3.08. The van der Waals surface area contributed by atoms with Gasteiger partial charge in [0.25, 0.3) is 11.8 Å². The van der Waals surface area contributed by atoms with Gasteiger partial charge in [-0.1, -0.05) is 18.2 Å². The molecule has 1 aliphatic rings. The fourth-order valence-electron chi connectivity index (χ4n) is 2.26. The molecule has 126 valence electrons. The Bertz CT molecular complexity index is 698. The molecule has 2 amide bonds. The lowest BCUT2D eigenvalue weighted by molar-refractivity contribution is -0.128. The molecule has 24 heavy (non-hydrogen) atoms. The van der Waals surface area contributed by atoms with E-state index < -0.39 is 11.8 Å². The monoisotopic (exact) mass is 345 g/mol. The van der Waals surface area contributed by atoms with Gasteiger partial charge < -0.3 is 10.0 Å². The van der Waals surface area contributed by atoms with Gasteiger partial charge in [-0.3, -0.25) is 19.8 Å². The fourth-order valence-corrected chi connectivity index (χ4v) is 2.51. The summed E-state index contributed by atoms with van der Waals surface area (Å²) in [5, 5.41) is 11.6. The largest absolute Gasteiger partial charge is 0.395 e. The standard InChI is InChI=1S/C17H19N3O3S/c1-3-8-20-16(23)14(15(22)18-17(20)24)11-12-4-6-13(7-5-12)19(2)9-10-21/h3-7,11,21H,1,8-10H2,2H3,(H,18,22,24). The van der Waals surface area contributed by atoms with Crippen LogP contribution in [0, 0.1) is 0 Å². The maximum Gasteiger partial charge on any atom is 0.265 e. The van der Waals surface area contributed by atoms with Crippen molar-refractivity contribution in [3.63, 3.8) is 0 Å². The van der Waals surface area contributed by atoms with Crippen molar-refractivity contribution in [2.45, 2.75) is 0 Å². The molecular weight excluding hydrogens is 326 g/mol. The van der Waals surface area contributed by atoms with Crippen LogP contribution < -0.4 is 10.2 Å². The van der Waals surface area contributed by atoms with Crippen molar-refractivity contribution in [2.75, 3.05) is 31.6 Å². The summed E-state index contributed by atoms with van der Waals surface area (Å²) in [6.45, 7) is 4.41. The zero-order valence-corrected chi connectivity index (χ0v) is 14.2. The molecule has 1 aromatic carbocycles. The van der Waals surface area contributed by atoms with E-state index in [0.717, 1.165) is 11.3 Å². The normalized spacial score (nSPS) is 16.3. The average Bonchev–Trinajstić information content (AvgIpc) is 2.56. The highest BCUT2D eigenvalue weighted by molar-refractivity contribution is 7.80. The number of thiocarbonyl (C=S) groups is 1. The zero-order valence-electron chi connectivity index (χ0n) is 13.4. The predicted octanol–water partition coefficient (Wildman–Crippen LogP) is 0.928.